The molecule has 0 saturated carbocycles. The maximum absolute atomic E-state index is 12.0. The molecule has 7 aliphatic rings. The second-order valence-electron chi connectivity index (χ2n) is 37.0. The van der Waals surface area contributed by atoms with Crippen LogP contribution in [-0.2, 0) is 65.2 Å². The molecule has 802 valence electrons. The van der Waals surface area contributed by atoms with Gasteiger partial charge < -0.3 is 193 Å². The van der Waals surface area contributed by atoms with Gasteiger partial charge >= 0.3 is 0 Å². The average Bonchev–Trinajstić information content (AvgIpc) is 0.916. The first-order chi connectivity index (χ1) is 66.3. The Kier molecular flexibility index (Phi) is 59.8. The summed E-state index contributed by atoms with van der Waals surface area (Å²) in [6, 6.07) is 2.18. The van der Waals surface area contributed by atoms with Gasteiger partial charge in [0.2, 0.25) is 0 Å². The zero-order valence-electron chi connectivity index (χ0n) is 79.4. The molecule has 10 rings (SSSR count). The third-order valence-electron chi connectivity index (χ3n) is 26.2. The molecule has 46 heteroatoms. The minimum absolute atomic E-state index is 0.00700. The van der Waals surface area contributed by atoms with Crippen LogP contribution in [0.4, 0.5) is 0 Å². The van der Waals surface area contributed by atoms with Gasteiger partial charge in [0.25, 0.3) is 0 Å². The number of rotatable bonds is 52. The molecule has 46 nitrogen and oxygen atoms in total. The van der Waals surface area contributed by atoms with Gasteiger partial charge in [-0.1, -0.05) is 77.0 Å². The van der Waals surface area contributed by atoms with E-state index in [9.17, 15) is 121 Å². The Hall–Kier alpha value is -5.68. The molecule has 139 heavy (non-hydrogen) atoms. The number of unbranched alkanes of at least 4 members (excludes halogenated alkanes) is 12. The van der Waals surface area contributed by atoms with Crippen molar-refractivity contribution in [2.75, 3.05) is 52.8 Å². The van der Waals surface area contributed by atoms with Crippen LogP contribution >= 0.6 is 0 Å². The largest absolute Gasteiger partial charge is 0.394 e. The van der Waals surface area contributed by atoms with Crippen LogP contribution in [0.25, 0.3) is 0 Å². The molecule has 34 N–H and O–H groups in total. The van der Waals surface area contributed by atoms with E-state index in [2.05, 4.69) is 30.2 Å². The lowest BCUT2D eigenvalue weighted by molar-refractivity contribution is -0.230. The van der Waals surface area contributed by atoms with Crippen LogP contribution in [-0.4, -0.2) is 453 Å². The van der Waals surface area contributed by atoms with Gasteiger partial charge in [-0.15, -0.1) is 0 Å². The van der Waals surface area contributed by atoms with Crippen molar-refractivity contribution < 1.29 is 190 Å². The molecular formula is C93H162N8O38. The second-order valence-corrected chi connectivity index (χ2v) is 37.0. The number of ether oxygens (including phenoxy) is 6. The van der Waals surface area contributed by atoms with Gasteiger partial charge in [-0.2, -0.15) is 0 Å². The number of aromatic nitrogens is 5. The van der Waals surface area contributed by atoms with Crippen LogP contribution in [0.5, 0.6) is 0 Å². The predicted octanol–water partition coefficient (Wildman–Crippen LogP) is -6.56. The minimum atomic E-state index is -1.35. The summed E-state index contributed by atoms with van der Waals surface area (Å²) in [5.41, 5.74) is 13.5. The zero-order chi connectivity index (χ0) is 103. The van der Waals surface area contributed by atoms with E-state index in [1.54, 1.807) is 43.4 Å². The molecule has 7 fully saturated rings. The van der Waals surface area contributed by atoms with Crippen LogP contribution in [0.15, 0.2) is 43.4 Å². The number of hydrogen-bond donors (Lipinski definition) is 32. The van der Waals surface area contributed by atoms with Crippen LogP contribution in [0.3, 0.4) is 0 Å². The first-order valence-corrected chi connectivity index (χ1v) is 49.0. The van der Waals surface area contributed by atoms with Gasteiger partial charge in [-0.25, -0.2) is 9.97 Å². The summed E-state index contributed by atoms with van der Waals surface area (Å²) in [6.07, 6.45) is -3.64. The first kappa shape index (κ1) is 124. The summed E-state index contributed by atoms with van der Waals surface area (Å²) in [7, 11) is 0. The summed E-state index contributed by atoms with van der Waals surface area (Å²) in [5.74, 6) is 0.107. The number of H-pyrrole nitrogens is 3. The maximum atomic E-state index is 12.0. The van der Waals surface area contributed by atoms with Crippen LogP contribution in [0, 0.1) is 0 Å². The van der Waals surface area contributed by atoms with E-state index >= 15 is 0 Å². The van der Waals surface area contributed by atoms with Crippen LogP contribution in [0.2, 0.25) is 0 Å². The number of ketones is 6. The Morgan fingerprint density at radius 1 is 0.360 bits per heavy atom. The average molecular weight is 2000 g/mol. The Labute approximate surface area is 808 Å². The highest BCUT2D eigenvalue weighted by Gasteiger charge is 2.49. The molecule has 10 heterocycles. The van der Waals surface area contributed by atoms with Crippen molar-refractivity contribution in [3.63, 3.8) is 0 Å². The van der Waals surface area contributed by atoms with E-state index in [0.29, 0.717) is 134 Å². The molecule has 7 aliphatic heterocycles. The number of nitrogens with one attached hydrogen (secondary N) is 4. The highest BCUT2D eigenvalue weighted by molar-refractivity contribution is 5.94. The van der Waals surface area contributed by atoms with Crippen LogP contribution < -0.4 is 16.8 Å². The van der Waals surface area contributed by atoms with E-state index in [1.807, 2.05) is 0 Å². The molecule has 34 atom stereocenters. The smallest absolute Gasteiger partial charge is 0.178 e. The lowest BCUT2D eigenvalue weighted by Crippen LogP contribution is -2.58. The van der Waals surface area contributed by atoms with E-state index in [0.717, 1.165) is 101 Å². The fraction of sp³-hybridized carbons (Fsp3) is 0.828. The lowest BCUT2D eigenvalue weighted by atomic mass is 9.92. The fourth-order valence-corrected chi connectivity index (χ4v) is 17.3. The topological polar surface area (TPSA) is 821 Å². The van der Waals surface area contributed by atoms with E-state index in [-0.39, 0.29) is 53.8 Å². The highest BCUT2D eigenvalue weighted by atomic mass is 16.6. The Balaban J connectivity index is 0.000000295. The van der Waals surface area contributed by atoms with Crippen molar-refractivity contribution in [3.05, 3.63) is 60.5 Å². The van der Waals surface area contributed by atoms with Crippen molar-refractivity contribution >= 4 is 34.7 Å². The number of Topliss-reactive ketones (excluding diaryl/α,β-unsaturated/α-hetero) is 6. The van der Waals surface area contributed by atoms with Crippen molar-refractivity contribution in [1.29, 1.82) is 0 Å². The molecule has 0 bridgehead atoms. The van der Waals surface area contributed by atoms with E-state index in [1.165, 1.54) is 6.92 Å². The molecule has 0 radical (unpaired) electrons. The summed E-state index contributed by atoms with van der Waals surface area (Å²) in [5, 5.41) is 252. The van der Waals surface area contributed by atoms with E-state index in [4.69, 9.17) is 80.7 Å². The first-order valence-electron chi connectivity index (χ1n) is 49.0. The number of hydrogen-bond acceptors (Lipinski definition) is 43. The van der Waals surface area contributed by atoms with E-state index < -0.39 is 241 Å². The highest BCUT2D eigenvalue weighted by Crippen LogP contribution is 2.32. The third-order valence-corrected chi connectivity index (χ3v) is 26.2. The molecule has 31 unspecified atom stereocenters. The summed E-state index contributed by atoms with van der Waals surface area (Å²) < 4.78 is 32.5. The monoisotopic (exact) mass is 2000 g/mol. The fourth-order valence-electron chi connectivity index (χ4n) is 17.3. The summed E-state index contributed by atoms with van der Waals surface area (Å²) in [6.45, 7) is -0.503. The Morgan fingerprint density at radius 2 is 0.655 bits per heavy atom. The number of carbonyl (C=O) groups is 6. The molecule has 0 spiro atoms. The number of aliphatic hydroxyl groups is 26. The molecule has 0 aliphatic carbocycles. The Morgan fingerprint density at radius 3 is 0.935 bits per heavy atom. The predicted molar refractivity (Wildman–Crippen MR) is 492 cm³/mol. The molecule has 0 amide bonds. The molecule has 7 saturated heterocycles. The standard InChI is InChI=1S/C17H29N3O6.C16H26N2O6.C16H29NO6.C16H25NO6.C14H27NO7.C14H26O7/c18-11(6-10-7-19-9-20-10)12(22)4-2-1-3-5-13-15(23)17(25)16(24)14(8-21)26-13;19-8-13-15(22)16(23)14(21)12(24-13)5-3-1-2-4-11(20)6-10-7-17-9-18-10;2*18-9-13-15(21)16(22)14(20)12(23-13)7-3-1-2-6-11(19)10-5-4-8-17-10;15-8(6-16)9(18)4-2-1-3-5-10-12(19)14(21)13(20)11(7-17)22-10;1-8(16)9(17)5-3-2-4-6-10-12(18)14(20)13(19)11(7-15)21-10/h7,9,11,13-17,21,23-25H,1-6,8,18H2,(H,19,20);7,9,12-16,19,21-23H,1-6,8H2,(H,17,18);10,12-18,20-22H,1-9H2;4-5,8,12-18,20-22H,1-3,6-7,9H2;8,10-14,16-17,19-21H,1-7,15H2;8,10-16,18-20H,2-7H2,1H3/t11-,13?,14?,15?,16?,17?;;;;2*8-,10?,11?,12?,13?,14?/m1...00/s1. The molecular weight excluding hydrogens is 1840 g/mol. The summed E-state index contributed by atoms with van der Waals surface area (Å²) in [4.78, 5) is 86.6. The van der Waals surface area contributed by atoms with Gasteiger partial charge in [0, 0.05) is 81.3 Å². The summed E-state index contributed by atoms with van der Waals surface area (Å²) >= 11 is 0. The van der Waals surface area contributed by atoms with Crippen molar-refractivity contribution in [2.45, 2.75) is 433 Å². The Bertz CT molecular complexity index is 3750. The zero-order valence-corrected chi connectivity index (χ0v) is 79.4. The number of nitrogens with two attached hydrogens (primary N) is 2. The van der Waals surface area contributed by atoms with Crippen molar-refractivity contribution in [2.24, 2.45) is 11.5 Å². The number of carbonyl (C=O) groups excluding carboxylic acids is 6. The lowest BCUT2D eigenvalue weighted by Gasteiger charge is -2.40. The van der Waals surface area contributed by atoms with Gasteiger partial charge in [0.15, 0.2) is 17.3 Å². The number of nitrogens with zero attached hydrogens (tertiary/aromatic N) is 2. The SMILES string of the molecule is C[C@H](O)C(=O)CCCCCC1OC(CO)C(O)C(O)C1O.N[C@@H](CO)C(=O)CCCCCC1OC(CO)C(O)C(O)C1O.N[C@H](Cc1cnc[nH]1)C(=O)CCCCCC1OC(CO)C(O)C(O)C1O.O=C(CCCCCC1OC(CO)C(O)C(O)C1O)C1CCCN1.O=C(CCCCCC1OC(CO)C(O)C(O)C1O)Cc1cnc[nH]1.O=C(CCCCCC1OC(CO)C(O)C(O)C1O)c1ccc[nH]1. The molecule has 3 aromatic rings. The van der Waals surface area contributed by atoms with Gasteiger partial charge in [-0.05, 0) is 115 Å². The van der Waals surface area contributed by atoms with Crippen LogP contribution in [0.1, 0.15) is 234 Å². The van der Waals surface area contributed by atoms with Crippen molar-refractivity contribution in [3.8, 4) is 0 Å². The number of aromatic amines is 3. The molecule has 0 aromatic carbocycles. The second kappa shape index (κ2) is 67.2. The minimum Gasteiger partial charge on any atom is -0.394 e. The van der Waals surface area contributed by atoms with Crippen molar-refractivity contribution in [1.82, 2.24) is 30.2 Å². The molecule has 3 aromatic heterocycles. The third kappa shape index (κ3) is 41.6. The number of aliphatic hydroxyl groups excluding tert-OH is 26. The normalized spacial score (nSPS) is 32.9. The quantitative estimate of drug-likeness (QED) is 0.0185. The maximum Gasteiger partial charge on any atom is 0.178 e. The number of imidazole rings is 2. The van der Waals surface area contributed by atoms with Gasteiger partial charge in [0.1, 0.15) is 170 Å². The van der Waals surface area contributed by atoms with Gasteiger partial charge in [-0.3, -0.25) is 28.8 Å². The van der Waals surface area contributed by atoms with Gasteiger partial charge in [0.05, 0.1) is 119 Å².